The van der Waals surface area contributed by atoms with E-state index in [1.807, 2.05) is 0 Å². The summed E-state index contributed by atoms with van der Waals surface area (Å²) in [5.41, 5.74) is 0. The van der Waals surface area contributed by atoms with Gasteiger partial charge in [0.15, 0.2) is 6.29 Å². The van der Waals surface area contributed by atoms with E-state index < -0.39 is 0 Å². The van der Waals surface area contributed by atoms with Crippen molar-refractivity contribution < 1.29 is 71.1 Å². The average molecular weight is 729 g/mol. The maximum atomic E-state index is 11.5. The van der Waals surface area contributed by atoms with E-state index in [9.17, 15) is 4.79 Å². The van der Waals surface area contributed by atoms with E-state index >= 15 is 0 Å². The van der Waals surface area contributed by atoms with Crippen LogP contribution in [0.4, 0.5) is 0 Å². The fourth-order valence-electron chi connectivity index (χ4n) is 4.19. The van der Waals surface area contributed by atoms with Crippen LogP contribution in [-0.4, -0.2) is 177 Å². The van der Waals surface area contributed by atoms with E-state index in [0.717, 1.165) is 45.1 Å². The van der Waals surface area contributed by atoms with Crippen LogP contribution in [0.1, 0.15) is 51.9 Å². The van der Waals surface area contributed by atoms with Gasteiger partial charge in [0.25, 0.3) is 0 Å². The molecule has 1 aliphatic rings. The lowest BCUT2D eigenvalue weighted by atomic mass is 10.2. The third kappa shape index (κ3) is 36.7. The van der Waals surface area contributed by atoms with Gasteiger partial charge in [-0.3, -0.25) is 4.79 Å². The average Bonchev–Trinajstić information content (AvgIpc) is 3.13. The van der Waals surface area contributed by atoms with Crippen LogP contribution in [0.15, 0.2) is 0 Å². The maximum Gasteiger partial charge on any atom is 0.305 e. The lowest BCUT2D eigenvalue weighted by Crippen LogP contribution is -2.24. The molecule has 1 atom stereocenters. The maximum absolute atomic E-state index is 11.5. The Morgan fingerprint density at radius 2 is 0.800 bits per heavy atom. The van der Waals surface area contributed by atoms with Gasteiger partial charge < -0.3 is 66.3 Å². The van der Waals surface area contributed by atoms with E-state index in [1.165, 1.54) is 0 Å². The predicted molar refractivity (Wildman–Crippen MR) is 184 cm³/mol. The lowest BCUT2D eigenvalue weighted by molar-refractivity contribution is -0.169. The number of ether oxygens (including phenoxy) is 14. The Morgan fingerprint density at radius 3 is 1.12 bits per heavy atom. The minimum atomic E-state index is -0.160. The zero-order valence-corrected chi connectivity index (χ0v) is 30.8. The molecule has 1 rings (SSSR count). The summed E-state index contributed by atoms with van der Waals surface area (Å²) in [5.74, 6) is -0.160. The van der Waals surface area contributed by atoms with E-state index in [2.05, 4.69) is 6.92 Å². The van der Waals surface area contributed by atoms with E-state index in [1.54, 1.807) is 0 Å². The molecule has 0 aromatic rings. The Morgan fingerprint density at radius 1 is 0.460 bits per heavy atom. The molecule has 1 heterocycles. The van der Waals surface area contributed by atoms with Crippen molar-refractivity contribution in [3.8, 4) is 0 Å². The van der Waals surface area contributed by atoms with Gasteiger partial charge in [-0.25, -0.2) is 0 Å². The second kappa shape index (κ2) is 40.7. The highest BCUT2D eigenvalue weighted by Crippen LogP contribution is 2.13. The van der Waals surface area contributed by atoms with Crippen molar-refractivity contribution in [1.82, 2.24) is 0 Å². The summed E-state index contributed by atoms with van der Waals surface area (Å²) in [5, 5.41) is 0. The lowest BCUT2D eigenvalue weighted by Gasteiger charge is -2.22. The number of carbonyl (C=O) groups excluding carboxylic acids is 1. The smallest absolute Gasteiger partial charge is 0.305 e. The van der Waals surface area contributed by atoms with Crippen molar-refractivity contribution in [2.24, 2.45) is 0 Å². The van der Waals surface area contributed by atoms with Gasteiger partial charge >= 0.3 is 5.97 Å². The quantitative estimate of drug-likeness (QED) is 0.0671. The Bertz CT molecular complexity index is 670. The van der Waals surface area contributed by atoms with Gasteiger partial charge in [0.2, 0.25) is 0 Å². The van der Waals surface area contributed by atoms with Crippen molar-refractivity contribution >= 4 is 5.97 Å². The highest BCUT2D eigenvalue weighted by atomic mass is 16.7. The van der Waals surface area contributed by atoms with Crippen LogP contribution in [0.5, 0.6) is 0 Å². The largest absolute Gasteiger partial charge is 0.463 e. The molecule has 1 fully saturated rings. The fraction of sp³-hybridized carbons (Fsp3) is 0.971. The van der Waals surface area contributed by atoms with Crippen molar-refractivity contribution in [2.75, 3.05) is 165 Å². The number of esters is 1. The topological polar surface area (TPSA) is 146 Å². The monoisotopic (exact) mass is 728 g/mol. The predicted octanol–water partition coefficient (Wildman–Crippen LogP) is 2.84. The summed E-state index contributed by atoms with van der Waals surface area (Å²) >= 11 is 0. The Hall–Kier alpha value is -1.05. The fourth-order valence-corrected chi connectivity index (χ4v) is 4.19. The molecular formula is C35H68O15. The van der Waals surface area contributed by atoms with Gasteiger partial charge in [-0.15, -0.1) is 0 Å². The molecule has 0 bridgehead atoms. The van der Waals surface area contributed by atoms with Crippen LogP contribution in [0, 0.1) is 0 Å². The molecule has 0 saturated carbocycles. The van der Waals surface area contributed by atoms with Crippen LogP contribution < -0.4 is 0 Å². The molecule has 0 aromatic carbocycles. The minimum absolute atomic E-state index is 0.0691. The van der Waals surface area contributed by atoms with E-state index in [-0.39, 0.29) is 18.9 Å². The molecular weight excluding hydrogens is 660 g/mol. The molecule has 1 aliphatic heterocycles. The van der Waals surface area contributed by atoms with E-state index in [4.69, 9.17) is 66.3 Å². The minimum Gasteiger partial charge on any atom is -0.463 e. The molecule has 0 radical (unpaired) electrons. The normalized spacial score (nSPS) is 14.8. The van der Waals surface area contributed by atoms with Crippen LogP contribution in [-0.2, 0) is 71.1 Å². The molecule has 0 aliphatic carbocycles. The van der Waals surface area contributed by atoms with Gasteiger partial charge in [-0.1, -0.05) is 19.8 Å². The number of hydrogen-bond donors (Lipinski definition) is 0. The molecule has 15 nitrogen and oxygen atoms in total. The number of carbonyl (C=O) groups is 1. The van der Waals surface area contributed by atoms with Gasteiger partial charge in [0.1, 0.15) is 6.61 Å². The summed E-state index contributed by atoms with van der Waals surface area (Å²) in [7, 11) is 0. The molecule has 0 amide bonds. The standard InChI is InChI=1S/C35H68O15/c1-2-3-4-7-34(36)48-32-30-46-28-26-44-24-22-42-20-18-40-16-14-38-12-10-37-11-13-39-15-17-41-19-21-43-23-25-45-27-29-47-31-33-50-35-8-5-6-9-49-35/h35H,2-33H2,1H3. The second-order valence-electron chi connectivity index (χ2n) is 11.1. The molecule has 0 aromatic heterocycles. The molecule has 0 spiro atoms. The summed E-state index contributed by atoms with van der Waals surface area (Å²) in [6, 6.07) is 0. The summed E-state index contributed by atoms with van der Waals surface area (Å²) in [4.78, 5) is 11.5. The van der Waals surface area contributed by atoms with Crippen molar-refractivity contribution in [2.45, 2.75) is 58.2 Å². The molecule has 298 valence electrons. The molecule has 15 heteroatoms. The third-order valence-electron chi connectivity index (χ3n) is 6.86. The number of rotatable bonds is 41. The first kappa shape index (κ1) is 47.0. The number of unbranched alkanes of at least 4 members (excludes halogenated alkanes) is 2. The highest BCUT2D eigenvalue weighted by Gasteiger charge is 2.13. The zero-order chi connectivity index (χ0) is 35.7. The van der Waals surface area contributed by atoms with Crippen molar-refractivity contribution in [3.05, 3.63) is 0 Å². The summed E-state index contributed by atoms with van der Waals surface area (Å²) in [6.07, 6.45) is 6.67. The van der Waals surface area contributed by atoms with Gasteiger partial charge in [0.05, 0.1) is 152 Å². The van der Waals surface area contributed by atoms with E-state index in [0.29, 0.717) is 158 Å². The van der Waals surface area contributed by atoms with Crippen LogP contribution >= 0.6 is 0 Å². The molecule has 1 unspecified atom stereocenters. The highest BCUT2D eigenvalue weighted by molar-refractivity contribution is 5.69. The Labute approximate surface area is 300 Å². The Balaban J connectivity index is 1.61. The van der Waals surface area contributed by atoms with Crippen LogP contribution in [0.25, 0.3) is 0 Å². The van der Waals surface area contributed by atoms with Crippen molar-refractivity contribution in [3.63, 3.8) is 0 Å². The summed E-state index contributed by atoms with van der Waals surface area (Å²) < 4.78 is 76.4. The second-order valence-corrected chi connectivity index (χ2v) is 11.1. The first-order valence-electron chi connectivity index (χ1n) is 18.6. The Kier molecular flexibility index (Phi) is 38.2. The molecule has 50 heavy (non-hydrogen) atoms. The van der Waals surface area contributed by atoms with Gasteiger partial charge in [-0.05, 0) is 25.7 Å². The first-order chi connectivity index (χ1) is 24.8. The zero-order valence-electron chi connectivity index (χ0n) is 30.8. The SMILES string of the molecule is CCCCCC(=O)OCCOCCOCCOCCOCCOCCOCCOCCOCCOCCOCCOCCOC1CCCCO1. The van der Waals surface area contributed by atoms with Crippen LogP contribution in [0.3, 0.4) is 0 Å². The first-order valence-corrected chi connectivity index (χ1v) is 18.6. The van der Waals surface area contributed by atoms with Crippen molar-refractivity contribution in [1.29, 1.82) is 0 Å². The summed E-state index contributed by atoms with van der Waals surface area (Å²) in [6.45, 7) is 14.6. The van der Waals surface area contributed by atoms with Gasteiger partial charge in [-0.2, -0.15) is 0 Å². The molecule has 1 saturated heterocycles. The third-order valence-corrected chi connectivity index (χ3v) is 6.86. The number of hydrogen-bond acceptors (Lipinski definition) is 15. The van der Waals surface area contributed by atoms with Crippen LogP contribution in [0.2, 0.25) is 0 Å². The molecule has 0 N–H and O–H groups in total. The van der Waals surface area contributed by atoms with Gasteiger partial charge in [0, 0.05) is 13.0 Å².